The average Bonchev–Trinajstić information content (AvgIpc) is 2.52. The third-order valence-electron chi connectivity index (χ3n) is 3.50. The minimum Gasteiger partial charge on any atom is -0.309 e. The summed E-state index contributed by atoms with van der Waals surface area (Å²) in [6.45, 7) is 5.16. The molecule has 0 unspecified atom stereocenters. The third kappa shape index (κ3) is 4.83. The molecule has 0 saturated heterocycles. The lowest BCUT2D eigenvalue weighted by Crippen LogP contribution is -2.47. The van der Waals surface area contributed by atoms with Crippen LogP contribution in [0, 0.1) is 18.7 Å². The molecule has 0 aliphatic carbocycles. The normalized spacial score (nSPS) is 12.8. The highest BCUT2D eigenvalue weighted by Gasteiger charge is 2.30. The smallest absolute Gasteiger partial charge is 0.244 e. The highest BCUT2D eigenvalue weighted by Crippen LogP contribution is 2.16. The summed E-state index contributed by atoms with van der Waals surface area (Å²) in [6.07, 6.45) is 0. The highest BCUT2D eigenvalue weighted by atomic mass is 32.2. The lowest BCUT2D eigenvalue weighted by molar-refractivity contribution is -0.118. The number of sulfonamides is 1. The van der Waals surface area contributed by atoms with Crippen molar-refractivity contribution in [1.82, 2.24) is 9.71 Å². The van der Waals surface area contributed by atoms with Gasteiger partial charge in [0.25, 0.3) is 0 Å². The van der Waals surface area contributed by atoms with Crippen LogP contribution in [0.3, 0.4) is 0 Å². The number of hydrogen-bond donors (Lipinski definition) is 2. The summed E-state index contributed by atoms with van der Waals surface area (Å²) in [6, 6.07) is 9.04. The Labute approximate surface area is 146 Å². The molecule has 2 rings (SSSR count). The summed E-state index contributed by atoms with van der Waals surface area (Å²) < 4.78 is 40.9. The van der Waals surface area contributed by atoms with Crippen molar-refractivity contribution in [3.05, 3.63) is 54.0 Å². The van der Waals surface area contributed by atoms with Crippen molar-refractivity contribution in [2.75, 3.05) is 5.32 Å². The van der Waals surface area contributed by atoms with Crippen LogP contribution in [-0.2, 0) is 14.8 Å². The molecule has 6 nitrogen and oxygen atoms in total. The first-order valence-corrected chi connectivity index (χ1v) is 9.20. The van der Waals surface area contributed by atoms with Crippen molar-refractivity contribution in [3.63, 3.8) is 0 Å². The largest absolute Gasteiger partial charge is 0.309 e. The molecule has 0 fully saturated rings. The maximum Gasteiger partial charge on any atom is 0.244 e. The Kier molecular flexibility index (Phi) is 5.86. The van der Waals surface area contributed by atoms with Gasteiger partial charge in [-0.25, -0.2) is 17.8 Å². The van der Waals surface area contributed by atoms with Crippen LogP contribution >= 0.6 is 0 Å². The minimum atomic E-state index is -4.19. The third-order valence-corrected chi connectivity index (χ3v) is 4.97. The van der Waals surface area contributed by atoms with Crippen molar-refractivity contribution in [2.24, 2.45) is 5.92 Å². The van der Waals surface area contributed by atoms with E-state index in [2.05, 4.69) is 15.0 Å². The minimum absolute atomic E-state index is 0.320. The van der Waals surface area contributed by atoms with Crippen LogP contribution in [0.25, 0.3) is 0 Å². The lowest BCUT2D eigenvalue weighted by Gasteiger charge is -2.21. The van der Waals surface area contributed by atoms with Crippen LogP contribution in [0.15, 0.2) is 47.4 Å². The topological polar surface area (TPSA) is 88.2 Å². The van der Waals surface area contributed by atoms with Gasteiger partial charge in [0.2, 0.25) is 15.9 Å². The fourth-order valence-electron chi connectivity index (χ4n) is 2.20. The summed E-state index contributed by atoms with van der Waals surface area (Å²) in [5, 5.41) is 2.58. The number of carbonyl (C=O) groups excluding carboxylic acids is 1. The van der Waals surface area contributed by atoms with Crippen molar-refractivity contribution < 1.29 is 17.6 Å². The van der Waals surface area contributed by atoms with Crippen molar-refractivity contribution >= 4 is 21.7 Å². The second-order valence-electron chi connectivity index (χ2n) is 5.93. The molecule has 1 aromatic heterocycles. The van der Waals surface area contributed by atoms with Crippen LogP contribution in [0.4, 0.5) is 10.2 Å². The number of carbonyl (C=O) groups is 1. The number of pyridine rings is 1. The van der Waals surface area contributed by atoms with Gasteiger partial charge >= 0.3 is 0 Å². The Morgan fingerprint density at radius 2 is 1.80 bits per heavy atom. The number of rotatable bonds is 6. The highest BCUT2D eigenvalue weighted by molar-refractivity contribution is 7.89. The maximum absolute atomic E-state index is 13.8. The molecule has 1 atom stereocenters. The van der Waals surface area contributed by atoms with E-state index in [1.807, 2.05) is 0 Å². The lowest BCUT2D eigenvalue weighted by atomic mass is 10.1. The number of aryl methyl sites for hydroxylation is 1. The average molecular weight is 365 g/mol. The van der Waals surface area contributed by atoms with E-state index in [1.54, 1.807) is 39.0 Å². The van der Waals surface area contributed by atoms with Gasteiger partial charge in [-0.2, -0.15) is 4.72 Å². The van der Waals surface area contributed by atoms with Gasteiger partial charge in [-0.3, -0.25) is 4.79 Å². The van der Waals surface area contributed by atoms with Crippen molar-refractivity contribution in [3.8, 4) is 0 Å². The predicted molar refractivity (Wildman–Crippen MR) is 93.0 cm³/mol. The van der Waals surface area contributed by atoms with Gasteiger partial charge in [-0.1, -0.05) is 32.0 Å². The van der Waals surface area contributed by atoms with Crippen LogP contribution < -0.4 is 10.0 Å². The van der Waals surface area contributed by atoms with Gasteiger partial charge in [0, 0.05) is 5.69 Å². The molecule has 1 heterocycles. The van der Waals surface area contributed by atoms with E-state index in [0.717, 1.165) is 12.1 Å². The Balaban J connectivity index is 2.23. The Bertz CT molecular complexity index is 869. The molecule has 0 aliphatic heterocycles. The molecule has 134 valence electrons. The second-order valence-corrected chi connectivity index (χ2v) is 7.61. The van der Waals surface area contributed by atoms with Gasteiger partial charge in [-0.15, -0.1) is 0 Å². The van der Waals surface area contributed by atoms with E-state index in [9.17, 15) is 17.6 Å². The van der Waals surface area contributed by atoms with Crippen LogP contribution in [0.2, 0.25) is 0 Å². The number of aromatic nitrogens is 1. The fourth-order valence-corrected chi connectivity index (χ4v) is 3.63. The second kappa shape index (κ2) is 7.71. The number of halogens is 1. The molecule has 1 amide bonds. The first kappa shape index (κ1) is 19.0. The van der Waals surface area contributed by atoms with Gasteiger partial charge < -0.3 is 5.32 Å². The first-order valence-electron chi connectivity index (χ1n) is 7.72. The summed E-state index contributed by atoms with van der Waals surface area (Å²) in [7, 11) is -4.19. The predicted octanol–water partition coefficient (Wildman–Crippen LogP) is 2.47. The zero-order valence-corrected chi connectivity index (χ0v) is 15.0. The maximum atomic E-state index is 13.8. The number of benzene rings is 1. The van der Waals surface area contributed by atoms with E-state index >= 15 is 0 Å². The van der Waals surface area contributed by atoms with Gasteiger partial charge in [-0.05, 0) is 37.1 Å². The Morgan fingerprint density at radius 3 is 2.40 bits per heavy atom. The number of amides is 1. The summed E-state index contributed by atoms with van der Waals surface area (Å²) in [5.41, 5.74) is 0.714. The Hall–Kier alpha value is -2.32. The molecule has 8 heteroatoms. The van der Waals surface area contributed by atoms with Crippen molar-refractivity contribution in [2.45, 2.75) is 31.7 Å². The number of anilines is 1. The Morgan fingerprint density at radius 1 is 1.12 bits per heavy atom. The van der Waals surface area contributed by atoms with E-state index in [1.165, 1.54) is 12.1 Å². The van der Waals surface area contributed by atoms with Crippen LogP contribution in [-0.4, -0.2) is 25.4 Å². The summed E-state index contributed by atoms with van der Waals surface area (Å²) in [5.74, 6) is -1.47. The standard InChI is InChI=1S/C17H20FN3O3S/c1-11(2)16(17(22)20-15-10-6-7-12(3)19-15)21-25(23,24)14-9-5-4-8-13(14)18/h4-11,16,21H,1-3H3,(H,19,20,22)/t16-/m0/s1. The number of nitrogens with zero attached hydrogens (tertiary/aromatic N) is 1. The molecule has 25 heavy (non-hydrogen) atoms. The van der Waals surface area contributed by atoms with E-state index in [-0.39, 0.29) is 5.92 Å². The molecule has 0 saturated carbocycles. The zero-order chi connectivity index (χ0) is 18.6. The molecule has 2 N–H and O–H groups in total. The zero-order valence-electron chi connectivity index (χ0n) is 14.2. The summed E-state index contributed by atoms with van der Waals surface area (Å²) in [4.78, 5) is 16.1. The quantitative estimate of drug-likeness (QED) is 0.823. The van der Waals surface area contributed by atoms with E-state index < -0.39 is 32.7 Å². The van der Waals surface area contributed by atoms with Gasteiger partial charge in [0.1, 0.15) is 22.6 Å². The van der Waals surface area contributed by atoms with Crippen LogP contribution in [0.1, 0.15) is 19.5 Å². The number of nitrogens with one attached hydrogen (secondary N) is 2. The van der Waals surface area contributed by atoms with Gasteiger partial charge in [0.05, 0.1) is 0 Å². The molecule has 0 bridgehead atoms. The molecular formula is C17H20FN3O3S. The monoisotopic (exact) mass is 365 g/mol. The van der Waals surface area contributed by atoms with E-state index in [0.29, 0.717) is 11.5 Å². The van der Waals surface area contributed by atoms with Gasteiger partial charge in [0.15, 0.2) is 0 Å². The molecule has 0 spiro atoms. The fraction of sp³-hybridized carbons (Fsp3) is 0.294. The van der Waals surface area contributed by atoms with Crippen molar-refractivity contribution in [1.29, 1.82) is 0 Å². The SMILES string of the molecule is Cc1cccc(NC(=O)[C@@H](NS(=O)(=O)c2ccccc2F)C(C)C)n1. The van der Waals surface area contributed by atoms with Crippen LogP contribution in [0.5, 0.6) is 0 Å². The summed E-state index contributed by atoms with van der Waals surface area (Å²) >= 11 is 0. The van der Waals surface area contributed by atoms with E-state index in [4.69, 9.17) is 0 Å². The first-order chi connectivity index (χ1) is 11.7. The number of hydrogen-bond acceptors (Lipinski definition) is 4. The molecule has 1 aromatic carbocycles. The molecule has 2 aromatic rings. The molecule has 0 aliphatic rings. The molecule has 0 radical (unpaired) electrons. The molecular weight excluding hydrogens is 345 g/mol.